The van der Waals surface area contributed by atoms with Crippen LogP contribution in [0.25, 0.3) is 0 Å². The van der Waals surface area contributed by atoms with Gasteiger partial charge in [-0.2, -0.15) is 0 Å². The monoisotopic (exact) mass is 634 g/mol. The summed E-state index contributed by atoms with van der Waals surface area (Å²) < 4.78 is 69.2. The Bertz CT molecular complexity index is 1780. The topological polar surface area (TPSA) is 98.8 Å². The van der Waals surface area contributed by atoms with Crippen molar-refractivity contribution in [3.63, 3.8) is 0 Å². The van der Waals surface area contributed by atoms with Crippen LogP contribution in [-0.4, -0.2) is 58.2 Å². The second kappa shape index (κ2) is 13.2. The highest BCUT2D eigenvalue weighted by atomic mass is 32.2. The van der Waals surface area contributed by atoms with Crippen molar-refractivity contribution in [2.75, 3.05) is 49.8 Å². The number of hydrogen-bond acceptors (Lipinski definition) is 9. The van der Waals surface area contributed by atoms with E-state index in [4.69, 9.17) is 33.2 Å². The highest BCUT2D eigenvalue weighted by Gasteiger charge is 2.41. The van der Waals surface area contributed by atoms with Crippen LogP contribution in [0.2, 0.25) is 0 Å². The van der Waals surface area contributed by atoms with Crippen LogP contribution in [0.3, 0.4) is 0 Å². The molecule has 238 valence electrons. The summed E-state index contributed by atoms with van der Waals surface area (Å²) in [6.45, 7) is 0. The Morgan fingerprint density at radius 1 is 0.578 bits per heavy atom. The smallest absolute Gasteiger partial charge is 0.165 e. The summed E-state index contributed by atoms with van der Waals surface area (Å²) in [4.78, 5) is 0. The van der Waals surface area contributed by atoms with E-state index < -0.39 is 15.1 Å². The predicted molar refractivity (Wildman–Crippen MR) is 172 cm³/mol. The third-order valence-corrected chi connectivity index (χ3v) is 10.2. The molecule has 0 fully saturated rings. The Morgan fingerprint density at radius 2 is 1.16 bits per heavy atom. The number of rotatable bonds is 11. The summed E-state index contributed by atoms with van der Waals surface area (Å²) in [5, 5.41) is -1.13. The van der Waals surface area contributed by atoms with Crippen molar-refractivity contribution >= 4 is 9.84 Å². The molecule has 1 aliphatic rings. The van der Waals surface area contributed by atoms with Crippen molar-refractivity contribution in [3.05, 3.63) is 100 Å². The normalized spacial score (nSPS) is 15.6. The number of sulfone groups is 1. The van der Waals surface area contributed by atoms with E-state index in [0.29, 0.717) is 63.4 Å². The van der Waals surface area contributed by atoms with E-state index in [-0.39, 0.29) is 11.7 Å². The summed E-state index contributed by atoms with van der Waals surface area (Å²) in [5.74, 6) is 3.15. The Labute approximate surface area is 264 Å². The Hall–Kier alpha value is -4.57. The van der Waals surface area contributed by atoms with Gasteiger partial charge in [-0.3, -0.25) is 0 Å². The molecule has 2 unspecified atom stereocenters. The van der Waals surface area contributed by atoms with Crippen LogP contribution in [-0.2, 0) is 22.0 Å². The molecule has 0 amide bonds. The van der Waals surface area contributed by atoms with Crippen LogP contribution in [0.1, 0.15) is 44.5 Å². The van der Waals surface area contributed by atoms with Crippen LogP contribution in [0.4, 0.5) is 0 Å². The van der Waals surface area contributed by atoms with Gasteiger partial charge >= 0.3 is 0 Å². The molecular weight excluding hydrogens is 596 g/mol. The molecule has 0 aliphatic heterocycles. The molecule has 10 heteroatoms. The van der Waals surface area contributed by atoms with E-state index in [0.717, 1.165) is 16.7 Å². The van der Waals surface area contributed by atoms with Gasteiger partial charge < -0.3 is 33.2 Å². The number of benzene rings is 4. The zero-order chi connectivity index (χ0) is 32.3. The first-order valence-corrected chi connectivity index (χ1v) is 16.0. The quantitative estimate of drug-likeness (QED) is 0.193. The van der Waals surface area contributed by atoms with E-state index in [1.165, 1.54) is 7.11 Å². The van der Waals surface area contributed by atoms with Crippen molar-refractivity contribution in [3.8, 4) is 40.2 Å². The number of hydrogen-bond donors (Lipinski definition) is 0. The van der Waals surface area contributed by atoms with Crippen LogP contribution in [0, 0.1) is 0 Å². The maximum atomic E-state index is 14.8. The Kier molecular flexibility index (Phi) is 9.34. The third kappa shape index (κ3) is 6.07. The molecule has 0 bridgehead atoms. The van der Waals surface area contributed by atoms with Gasteiger partial charge in [0, 0.05) is 29.2 Å². The lowest BCUT2D eigenvalue weighted by molar-refractivity contribution is 0.354. The SMILES string of the molecule is COc1ccc(CS(=O)(=O)C2c3cc(OC)cc(OC)c3C(c3ccc(OC)c(OC)c3)Cc3cc(OC)cc(OC)c32)cc1. The van der Waals surface area contributed by atoms with Crippen LogP contribution < -0.4 is 33.2 Å². The van der Waals surface area contributed by atoms with Crippen molar-refractivity contribution < 1.29 is 41.6 Å². The Balaban J connectivity index is 1.85. The van der Waals surface area contributed by atoms with Gasteiger partial charge in [-0.05, 0) is 65.1 Å². The zero-order valence-electron chi connectivity index (χ0n) is 26.5. The summed E-state index contributed by atoms with van der Waals surface area (Å²) in [5.41, 5.74) is 4.10. The molecule has 4 aromatic carbocycles. The second-order valence-electron chi connectivity index (χ2n) is 10.6. The first kappa shape index (κ1) is 31.8. The average Bonchev–Trinajstić information content (AvgIpc) is 3.22. The second-order valence-corrected chi connectivity index (χ2v) is 12.7. The molecule has 0 aromatic heterocycles. The molecule has 1 aliphatic carbocycles. The lowest BCUT2D eigenvalue weighted by atomic mass is 9.84. The van der Waals surface area contributed by atoms with Gasteiger partial charge in [-0.25, -0.2) is 8.42 Å². The molecular formula is C35H38O9S. The van der Waals surface area contributed by atoms with Crippen molar-refractivity contribution in [2.45, 2.75) is 23.3 Å². The van der Waals surface area contributed by atoms with Crippen LogP contribution >= 0.6 is 0 Å². The average molecular weight is 635 g/mol. The summed E-state index contributed by atoms with van der Waals surface area (Å²) in [6, 6.07) is 19.9. The maximum absolute atomic E-state index is 14.8. The maximum Gasteiger partial charge on any atom is 0.165 e. The Morgan fingerprint density at radius 3 is 1.73 bits per heavy atom. The number of ether oxygens (including phenoxy) is 7. The highest BCUT2D eigenvalue weighted by Crippen LogP contribution is 2.53. The molecule has 5 rings (SSSR count). The number of methoxy groups -OCH3 is 7. The first-order valence-electron chi connectivity index (χ1n) is 14.3. The molecule has 0 radical (unpaired) electrons. The van der Waals surface area contributed by atoms with Gasteiger partial charge in [-0.1, -0.05) is 18.2 Å². The standard InChI is InChI=1S/C35H38O9S/c1-38-24-11-8-21(9-12-24)20-45(36,37)35-28-17-26(40-3)19-32(44-7)34(28)27(22-10-13-29(41-4)30(16-22)42-5)15-23-14-25(39-2)18-31(43-6)33(23)35/h8-14,16-19,27,35H,15,20H2,1-7H3. The highest BCUT2D eigenvalue weighted by molar-refractivity contribution is 7.91. The molecule has 0 N–H and O–H groups in total. The lowest BCUT2D eigenvalue weighted by Crippen LogP contribution is -2.20. The van der Waals surface area contributed by atoms with Crippen molar-refractivity contribution in [1.29, 1.82) is 0 Å². The minimum atomic E-state index is -3.95. The fourth-order valence-corrected chi connectivity index (χ4v) is 8.18. The van der Waals surface area contributed by atoms with Gasteiger partial charge in [0.1, 0.15) is 34.0 Å². The van der Waals surface area contributed by atoms with Gasteiger partial charge in [0.2, 0.25) is 0 Å². The minimum absolute atomic E-state index is 0.226. The minimum Gasteiger partial charge on any atom is -0.497 e. The van der Waals surface area contributed by atoms with Crippen molar-refractivity contribution in [1.82, 2.24) is 0 Å². The lowest BCUT2D eigenvalue weighted by Gasteiger charge is -2.26. The van der Waals surface area contributed by atoms with E-state index in [1.54, 1.807) is 85.1 Å². The summed E-state index contributed by atoms with van der Waals surface area (Å²) in [7, 11) is 7.01. The molecule has 45 heavy (non-hydrogen) atoms. The van der Waals surface area contributed by atoms with Gasteiger partial charge in [0.25, 0.3) is 0 Å². The van der Waals surface area contributed by atoms with Gasteiger partial charge in [0.15, 0.2) is 21.3 Å². The molecule has 0 spiro atoms. The molecule has 4 aromatic rings. The number of fused-ring (bicyclic) bond motifs is 2. The summed E-state index contributed by atoms with van der Waals surface area (Å²) in [6.07, 6.45) is 0.419. The molecule has 0 saturated carbocycles. The molecule has 9 nitrogen and oxygen atoms in total. The predicted octanol–water partition coefficient (Wildman–Crippen LogP) is 6.14. The van der Waals surface area contributed by atoms with Crippen LogP contribution in [0.15, 0.2) is 66.7 Å². The van der Waals surface area contributed by atoms with Gasteiger partial charge in [-0.15, -0.1) is 0 Å². The molecule has 0 heterocycles. The third-order valence-electron chi connectivity index (χ3n) is 8.27. The first-order chi connectivity index (χ1) is 21.7. The van der Waals surface area contributed by atoms with E-state index in [9.17, 15) is 8.42 Å². The molecule has 0 saturated heterocycles. The fraction of sp³-hybridized carbons (Fsp3) is 0.314. The van der Waals surface area contributed by atoms with Gasteiger partial charge in [0.05, 0.1) is 55.5 Å². The zero-order valence-corrected chi connectivity index (χ0v) is 27.3. The molecule has 2 atom stereocenters. The van der Waals surface area contributed by atoms with E-state index in [2.05, 4.69) is 0 Å². The van der Waals surface area contributed by atoms with Crippen LogP contribution in [0.5, 0.6) is 40.2 Å². The van der Waals surface area contributed by atoms with E-state index >= 15 is 0 Å². The fourth-order valence-electron chi connectivity index (χ4n) is 6.15. The summed E-state index contributed by atoms with van der Waals surface area (Å²) >= 11 is 0. The van der Waals surface area contributed by atoms with E-state index in [1.807, 2.05) is 24.3 Å². The largest absolute Gasteiger partial charge is 0.497 e. The van der Waals surface area contributed by atoms with Crippen molar-refractivity contribution in [2.24, 2.45) is 0 Å².